The molecule has 4 rings (SSSR count). The van der Waals surface area contributed by atoms with Gasteiger partial charge in [0.25, 0.3) is 5.91 Å². The molecule has 0 atom stereocenters. The van der Waals surface area contributed by atoms with E-state index in [4.69, 9.17) is 0 Å². The molecule has 0 aliphatic carbocycles. The minimum atomic E-state index is -3.39. The maximum Gasteiger partial charge on any atom is 0.337 e. The number of aryl methyl sites for hydroxylation is 1. The van der Waals surface area contributed by atoms with Gasteiger partial charge in [0.1, 0.15) is 0 Å². The number of hydrogen-bond donors (Lipinski definition) is 2. The molecule has 0 spiro atoms. The number of amides is 1. The summed E-state index contributed by atoms with van der Waals surface area (Å²) in [5, 5.41) is 12.4. The predicted octanol–water partition coefficient (Wildman–Crippen LogP) is 4.69. The number of nitrogens with zero attached hydrogens (tertiary/aromatic N) is 2. The second-order valence-corrected chi connectivity index (χ2v) is 12.2. The smallest absolute Gasteiger partial charge is 0.337 e. The summed E-state index contributed by atoms with van der Waals surface area (Å²) in [6.45, 7) is 2.68. The Morgan fingerprint density at radius 1 is 0.974 bits per heavy atom. The van der Waals surface area contributed by atoms with E-state index in [0.717, 1.165) is 15.9 Å². The highest BCUT2D eigenvalue weighted by Gasteiger charge is 2.30. The van der Waals surface area contributed by atoms with Crippen LogP contribution in [0.25, 0.3) is 0 Å². The fourth-order valence-electron chi connectivity index (χ4n) is 4.22. The quantitative estimate of drug-likeness (QED) is 0.372. The van der Waals surface area contributed by atoms with Gasteiger partial charge in [-0.1, -0.05) is 6.07 Å². The fraction of sp³-hybridized carbons (Fsp3) is 0.231. The van der Waals surface area contributed by atoms with Gasteiger partial charge in [-0.2, -0.15) is 0 Å². The maximum absolute atomic E-state index is 15.2. The molecule has 1 aliphatic rings. The van der Waals surface area contributed by atoms with E-state index >= 15 is 8.78 Å². The van der Waals surface area contributed by atoms with E-state index in [-0.39, 0.29) is 18.0 Å². The number of carboxylic acids is 1. The molecule has 2 N–H and O–H groups in total. The Balaban J connectivity index is 1.57. The van der Waals surface area contributed by atoms with E-state index < -0.39 is 50.2 Å². The molecule has 200 valence electrons. The second-order valence-electron chi connectivity index (χ2n) is 8.91. The number of carboxylic acid groups (broad SMARTS) is 1. The summed E-state index contributed by atoms with van der Waals surface area (Å²) in [5.41, 5.74) is -0.0357. The number of piperazine rings is 1. The molecule has 1 amide bonds. The topological polar surface area (TPSA) is 107 Å². The minimum absolute atomic E-state index is 0.146. The van der Waals surface area contributed by atoms with Gasteiger partial charge < -0.3 is 20.2 Å². The SMILES string of the molecule is Cc1cc(I)ccc1Nc1c(C(=O)O)cc(C(=O)N2CCN(c3cccc(S(C)(=O)=O)c3)CC2)c(F)c1F. The van der Waals surface area contributed by atoms with Gasteiger partial charge in [0.15, 0.2) is 21.5 Å². The van der Waals surface area contributed by atoms with Gasteiger partial charge in [0.2, 0.25) is 0 Å². The van der Waals surface area contributed by atoms with Crippen molar-refractivity contribution in [1.29, 1.82) is 0 Å². The van der Waals surface area contributed by atoms with Gasteiger partial charge in [-0.15, -0.1) is 0 Å². The zero-order chi connectivity index (χ0) is 27.8. The zero-order valence-electron chi connectivity index (χ0n) is 20.5. The minimum Gasteiger partial charge on any atom is -0.478 e. The van der Waals surface area contributed by atoms with Crippen LogP contribution in [0.4, 0.5) is 25.8 Å². The lowest BCUT2D eigenvalue weighted by Crippen LogP contribution is -2.49. The first kappa shape index (κ1) is 27.8. The van der Waals surface area contributed by atoms with Crippen LogP contribution in [0.3, 0.4) is 0 Å². The van der Waals surface area contributed by atoms with Crippen LogP contribution in [0.1, 0.15) is 26.3 Å². The van der Waals surface area contributed by atoms with E-state index in [1.807, 2.05) is 4.90 Å². The summed E-state index contributed by atoms with van der Waals surface area (Å²) >= 11 is 2.10. The van der Waals surface area contributed by atoms with Crippen LogP contribution in [0.2, 0.25) is 0 Å². The molecule has 3 aromatic rings. The van der Waals surface area contributed by atoms with Gasteiger partial charge in [-0.3, -0.25) is 4.79 Å². The van der Waals surface area contributed by atoms with Crippen LogP contribution in [-0.2, 0) is 9.84 Å². The number of anilines is 3. The summed E-state index contributed by atoms with van der Waals surface area (Å²) in [4.78, 5) is 28.5. The summed E-state index contributed by atoms with van der Waals surface area (Å²) < 4.78 is 55.0. The second kappa shape index (κ2) is 10.8. The number of nitrogens with one attached hydrogen (secondary N) is 1. The predicted molar refractivity (Wildman–Crippen MR) is 148 cm³/mol. The highest BCUT2D eigenvalue weighted by Crippen LogP contribution is 2.31. The summed E-state index contributed by atoms with van der Waals surface area (Å²) in [6, 6.07) is 12.4. The summed E-state index contributed by atoms with van der Waals surface area (Å²) in [6.07, 6.45) is 1.12. The van der Waals surface area contributed by atoms with Crippen molar-refractivity contribution in [3.8, 4) is 0 Å². The molecule has 0 aromatic heterocycles. The molecule has 1 heterocycles. The Hall–Kier alpha value is -3.26. The standard InChI is InChI=1S/C26H24F2IN3O5S/c1-15-12-16(29)6-7-21(15)30-24-20(26(34)35)14-19(22(27)23(24)28)25(33)32-10-8-31(9-11-32)17-4-3-5-18(13-17)38(2,36)37/h3-7,12-14,30H,8-11H2,1-2H3,(H,34,35). The number of rotatable bonds is 6. The molecule has 3 aromatic carbocycles. The van der Waals surface area contributed by atoms with Crippen molar-refractivity contribution in [2.45, 2.75) is 11.8 Å². The Labute approximate surface area is 232 Å². The Morgan fingerprint density at radius 2 is 1.66 bits per heavy atom. The number of aromatic carboxylic acids is 1. The van der Waals surface area contributed by atoms with Gasteiger partial charge in [-0.25, -0.2) is 22.0 Å². The lowest BCUT2D eigenvalue weighted by Gasteiger charge is -2.36. The molecule has 1 saturated heterocycles. The van der Waals surface area contributed by atoms with Crippen LogP contribution < -0.4 is 10.2 Å². The van der Waals surface area contributed by atoms with Crippen molar-refractivity contribution in [2.24, 2.45) is 0 Å². The third kappa shape index (κ3) is 5.75. The number of halogens is 3. The van der Waals surface area contributed by atoms with Crippen molar-refractivity contribution in [1.82, 2.24) is 4.90 Å². The first-order valence-electron chi connectivity index (χ1n) is 11.5. The Kier molecular flexibility index (Phi) is 7.93. The highest BCUT2D eigenvalue weighted by atomic mass is 127. The number of hydrogen-bond acceptors (Lipinski definition) is 6. The van der Waals surface area contributed by atoms with E-state index in [9.17, 15) is 23.1 Å². The van der Waals surface area contributed by atoms with Crippen molar-refractivity contribution in [2.75, 3.05) is 42.7 Å². The normalized spacial score (nSPS) is 13.9. The van der Waals surface area contributed by atoms with Crippen molar-refractivity contribution < 1.29 is 31.9 Å². The molecular formula is C26H24F2IN3O5S. The van der Waals surface area contributed by atoms with Crippen LogP contribution in [-0.4, -0.2) is 62.7 Å². The largest absolute Gasteiger partial charge is 0.478 e. The molecule has 1 fully saturated rings. The number of benzene rings is 3. The van der Waals surface area contributed by atoms with E-state index in [0.29, 0.717) is 30.0 Å². The molecule has 0 unspecified atom stereocenters. The summed E-state index contributed by atoms with van der Waals surface area (Å²) in [5.74, 6) is -5.24. The average molecular weight is 655 g/mol. The number of sulfone groups is 1. The Bertz CT molecular complexity index is 1540. The third-order valence-corrected chi connectivity index (χ3v) is 8.07. The van der Waals surface area contributed by atoms with Crippen LogP contribution in [0, 0.1) is 22.1 Å². The van der Waals surface area contributed by atoms with Crippen molar-refractivity contribution >= 4 is 61.4 Å². The number of carbonyl (C=O) groups excluding carboxylic acids is 1. The fourth-order valence-corrected chi connectivity index (χ4v) is 5.53. The van der Waals surface area contributed by atoms with E-state index in [1.54, 1.807) is 43.3 Å². The monoisotopic (exact) mass is 655 g/mol. The first-order chi connectivity index (χ1) is 17.9. The van der Waals surface area contributed by atoms with Crippen LogP contribution >= 0.6 is 22.6 Å². The lowest BCUT2D eigenvalue weighted by atomic mass is 10.0. The number of carbonyl (C=O) groups is 2. The molecule has 0 saturated carbocycles. The third-order valence-electron chi connectivity index (χ3n) is 6.29. The van der Waals surface area contributed by atoms with E-state index in [1.165, 1.54) is 11.0 Å². The van der Waals surface area contributed by atoms with Gasteiger partial charge in [0, 0.05) is 47.4 Å². The van der Waals surface area contributed by atoms with Crippen molar-refractivity contribution in [3.05, 3.63) is 80.4 Å². The lowest BCUT2D eigenvalue weighted by molar-refractivity contribution is 0.0697. The molecular weight excluding hydrogens is 631 g/mol. The van der Waals surface area contributed by atoms with Gasteiger partial charge >= 0.3 is 5.97 Å². The van der Waals surface area contributed by atoms with Gasteiger partial charge in [-0.05, 0) is 77.5 Å². The molecule has 12 heteroatoms. The van der Waals surface area contributed by atoms with E-state index in [2.05, 4.69) is 27.9 Å². The average Bonchev–Trinajstić information content (AvgIpc) is 2.87. The molecule has 38 heavy (non-hydrogen) atoms. The Morgan fingerprint density at radius 3 is 2.26 bits per heavy atom. The molecule has 8 nitrogen and oxygen atoms in total. The van der Waals surface area contributed by atoms with Crippen molar-refractivity contribution in [3.63, 3.8) is 0 Å². The maximum atomic E-state index is 15.2. The van der Waals surface area contributed by atoms with Crippen LogP contribution in [0.5, 0.6) is 0 Å². The highest BCUT2D eigenvalue weighted by molar-refractivity contribution is 14.1. The summed E-state index contributed by atoms with van der Waals surface area (Å²) in [7, 11) is -3.39. The van der Waals surface area contributed by atoms with Gasteiger partial charge in [0.05, 0.1) is 21.7 Å². The van der Waals surface area contributed by atoms with Crippen LogP contribution in [0.15, 0.2) is 53.4 Å². The first-order valence-corrected chi connectivity index (χ1v) is 14.5. The molecule has 1 aliphatic heterocycles. The molecule has 0 bridgehead atoms. The molecule has 0 radical (unpaired) electrons. The zero-order valence-corrected chi connectivity index (χ0v) is 23.4.